The number of ether oxygens (including phenoxy) is 2. The standard InChI is InChI=1S/C23H21N5O3S/c24-14-17-6-8-19(9-7-17)31-16-21(29)27-25-15-20-22(18-4-2-1-3-5-18)26-23(32-20)28-10-12-30-13-11-28/h1-9,15H,10-13,16H2,(H,27,29). The fourth-order valence-corrected chi connectivity index (χ4v) is 4.08. The number of hydrogen-bond donors (Lipinski definition) is 1. The van der Waals surface area contributed by atoms with Crippen molar-refractivity contribution in [3.63, 3.8) is 0 Å². The molecule has 0 saturated carbocycles. The van der Waals surface area contributed by atoms with E-state index in [1.54, 1.807) is 30.5 Å². The quantitative estimate of drug-likeness (QED) is 0.441. The Morgan fingerprint density at radius 1 is 1.22 bits per heavy atom. The van der Waals surface area contributed by atoms with Crippen LogP contribution >= 0.6 is 11.3 Å². The Balaban J connectivity index is 1.42. The second kappa shape index (κ2) is 10.5. The van der Waals surface area contributed by atoms with Gasteiger partial charge in [-0.15, -0.1) is 0 Å². The lowest BCUT2D eigenvalue weighted by Crippen LogP contribution is -2.36. The summed E-state index contributed by atoms with van der Waals surface area (Å²) in [6.45, 7) is 2.76. The molecule has 0 atom stereocenters. The average Bonchev–Trinajstić information content (AvgIpc) is 3.28. The van der Waals surface area contributed by atoms with Crippen molar-refractivity contribution in [2.24, 2.45) is 5.10 Å². The third-order valence-electron chi connectivity index (χ3n) is 4.70. The molecule has 1 aliphatic rings. The molecule has 3 aromatic rings. The zero-order chi connectivity index (χ0) is 22.2. The van der Waals surface area contributed by atoms with E-state index in [-0.39, 0.29) is 12.5 Å². The fourth-order valence-electron chi connectivity index (χ4n) is 3.07. The topological polar surface area (TPSA) is 99.8 Å². The van der Waals surface area contributed by atoms with Gasteiger partial charge in [-0.1, -0.05) is 41.7 Å². The van der Waals surface area contributed by atoms with Gasteiger partial charge in [0.2, 0.25) is 0 Å². The highest BCUT2D eigenvalue weighted by Crippen LogP contribution is 2.32. The first-order valence-corrected chi connectivity index (χ1v) is 10.9. The molecule has 1 saturated heterocycles. The van der Waals surface area contributed by atoms with E-state index in [0.29, 0.717) is 24.5 Å². The normalized spacial score (nSPS) is 13.7. The van der Waals surface area contributed by atoms with Gasteiger partial charge in [-0.2, -0.15) is 10.4 Å². The Morgan fingerprint density at radius 2 is 1.97 bits per heavy atom. The van der Waals surface area contributed by atoms with Gasteiger partial charge in [-0.25, -0.2) is 10.4 Å². The van der Waals surface area contributed by atoms with Crippen LogP contribution in [0.2, 0.25) is 0 Å². The van der Waals surface area contributed by atoms with E-state index in [1.807, 2.05) is 36.4 Å². The van der Waals surface area contributed by atoms with Gasteiger partial charge in [-0.05, 0) is 24.3 Å². The zero-order valence-corrected chi connectivity index (χ0v) is 18.0. The number of rotatable bonds is 7. The maximum atomic E-state index is 12.1. The van der Waals surface area contributed by atoms with Crippen molar-refractivity contribution in [2.75, 3.05) is 37.8 Å². The largest absolute Gasteiger partial charge is 0.484 e. The van der Waals surface area contributed by atoms with Gasteiger partial charge in [-0.3, -0.25) is 4.79 Å². The highest BCUT2D eigenvalue weighted by Gasteiger charge is 2.18. The Labute approximate surface area is 189 Å². The van der Waals surface area contributed by atoms with Crippen molar-refractivity contribution < 1.29 is 14.3 Å². The highest BCUT2D eigenvalue weighted by molar-refractivity contribution is 7.17. The monoisotopic (exact) mass is 447 g/mol. The van der Waals surface area contributed by atoms with Gasteiger partial charge < -0.3 is 14.4 Å². The Hall–Kier alpha value is -3.74. The van der Waals surface area contributed by atoms with Crippen LogP contribution in [0, 0.1) is 11.3 Å². The third-order valence-corrected chi connectivity index (χ3v) is 5.75. The molecule has 0 unspecified atom stereocenters. The molecule has 1 aromatic heterocycles. The number of nitrogens with zero attached hydrogens (tertiary/aromatic N) is 4. The molecule has 1 aliphatic heterocycles. The maximum Gasteiger partial charge on any atom is 0.277 e. The third kappa shape index (κ3) is 5.49. The number of aromatic nitrogens is 1. The van der Waals surface area contributed by atoms with Crippen LogP contribution in [0.3, 0.4) is 0 Å². The van der Waals surface area contributed by atoms with Gasteiger partial charge in [0.15, 0.2) is 11.7 Å². The summed E-state index contributed by atoms with van der Waals surface area (Å²) in [5, 5.41) is 13.8. The maximum absolute atomic E-state index is 12.1. The van der Waals surface area contributed by atoms with Crippen molar-refractivity contribution in [1.82, 2.24) is 10.4 Å². The summed E-state index contributed by atoms with van der Waals surface area (Å²) in [4.78, 5) is 20.0. The molecule has 32 heavy (non-hydrogen) atoms. The Bertz CT molecular complexity index is 1120. The van der Waals surface area contributed by atoms with Crippen LogP contribution in [0.15, 0.2) is 59.7 Å². The lowest BCUT2D eigenvalue weighted by Gasteiger charge is -2.26. The van der Waals surface area contributed by atoms with Crippen molar-refractivity contribution in [3.05, 3.63) is 65.0 Å². The van der Waals surface area contributed by atoms with E-state index >= 15 is 0 Å². The van der Waals surface area contributed by atoms with Crippen molar-refractivity contribution in [1.29, 1.82) is 5.26 Å². The number of benzene rings is 2. The first-order chi connectivity index (χ1) is 15.7. The van der Waals surface area contributed by atoms with Crippen LogP contribution in [0.25, 0.3) is 11.3 Å². The summed E-state index contributed by atoms with van der Waals surface area (Å²) < 4.78 is 10.9. The van der Waals surface area contributed by atoms with E-state index in [0.717, 1.165) is 34.4 Å². The number of hydrogen-bond acceptors (Lipinski definition) is 8. The molecule has 0 spiro atoms. The van der Waals surface area contributed by atoms with E-state index in [9.17, 15) is 4.79 Å². The Morgan fingerprint density at radius 3 is 2.69 bits per heavy atom. The molecule has 0 bridgehead atoms. The molecule has 1 fully saturated rings. The first-order valence-electron chi connectivity index (χ1n) is 10.1. The van der Waals surface area contributed by atoms with Crippen LogP contribution in [0.5, 0.6) is 5.75 Å². The molecule has 2 aromatic carbocycles. The molecule has 1 amide bonds. The molecule has 8 nitrogen and oxygen atoms in total. The Kier molecular flexibility index (Phi) is 7.07. The minimum atomic E-state index is -0.384. The van der Waals surface area contributed by atoms with Crippen molar-refractivity contribution >= 4 is 28.6 Å². The molecule has 0 radical (unpaired) electrons. The van der Waals surface area contributed by atoms with Crippen LogP contribution in [0.4, 0.5) is 5.13 Å². The second-order valence-corrected chi connectivity index (χ2v) is 7.90. The highest BCUT2D eigenvalue weighted by atomic mass is 32.1. The smallest absolute Gasteiger partial charge is 0.277 e. The lowest BCUT2D eigenvalue weighted by molar-refractivity contribution is -0.123. The van der Waals surface area contributed by atoms with Crippen molar-refractivity contribution in [3.8, 4) is 23.1 Å². The van der Waals surface area contributed by atoms with E-state index in [4.69, 9.17) is 19.7 Å². The van der Waals surface area contributed by atoms with Gasteiger partial charge in [0, 0.05) is 18.7 Å². The number of hydrazone groups is 1. The molecule has 4 rings (SSSR count). The van der Waals surface area contributed by atoms with Crippen LogP contribution in [0.1, 0.15) is 10.4 Å². The minimum Gasteiger partial charge on any atom is -0.484 e. The number of nitrogens with one attached hydrogen (secondary N) is 1. The number of thiazole rings is 1. The SMILES string of the molecule is N#Cc1ccc(OCC(=O)NN=Cc2sc(N3CCOCC3)nc2-c2ccccc2)cc1. The lowest BCUT2D eigenvalue weighted by atomic mass is 10.1. The number of nitriles is 1. The minimum absolute atomic E-state index is 0.184. The molecular formula is C23H21N5O3S. The molecule has 1 N–H and O–H groups in total. The zero-order valence-electron chi connectivity index (χ0n) is 17.2. The number of amides is 1. The number of morpholine rings is 1. The van der Waals surface area contributed by atoms with Gasteiger partial charge in [0.1, 0.15) is 5.75 Å². The molecule has 9 heteroatoms. The summed E-state index contributed by atoms with van der Waals surface area (Å²) in [5.74, 6) is 0.122. The van der Waals surface area contributed by atoms with E-state index < -0.39 is 0 Å². The summed E-state index contributed by atoms with van der Waals surface area (Å²) in [6, 6.07) is 18.5. The van der Waals surface area contributed by atoms with Gasteiger partial charge >= 0.3 is 0 Å². The molecule has 2 heterocycles. The van der Waals surface area contributed by atoms with Gasteiger partial charge in [0.05, 0.1) is 41.6 Å². The fraction of sp³-hybridized carbons (Fsp3) is 0.217. The summed E-state index contributed by atoms with van der Waals surface area (Å²) >= 11 is 1.53. The average molecular weight is 448 g/mol. The summed E-state index contributed by atoms with van der Waals surface area (Å²) in [7, 11) is 0. The number of carbonyl (C=O) groups excluding carboxylic acids is 1. The predicted molar refractivity (Wildman–Crippen MR) is 123 cm³/mol. The second-order valence-electron chi connectivity index (χ2n) is 6.89. The molecular weight excluding hydrogens is 426 g/mol. The number of carbonyl (C=O) groups is 1. The predicted octanol–water partition coefficient (Wildman–Crippen LogP) is 3.05. The summed E-state index contributed by atoms with van der Waals surface area (Å²) in [5.41, 5.74) is 4.83. The van der Waals surface area contributed by atoms with Crippen LogP contribution in [-0.2, 0) is 9.53 Å². The van der Waals surface area contributed by atoms with Gasteiger partial charge in [0.25, 0.3) is 5.91 Å². The first kappa shape index (κ1) is 21.5. The van der Waals surface area contributed by atoms with E-state index in [2.05, 4.69) is 15.4 Å². The van der Waals surface area contributed by atoms with Crippen LogP contribution in [-0.4, -0.2) is 50.0 Å². The van der Waals surface area contributed by atoms with E-state index in [1.165, 1.54) is 11.3 Å². The molecule has 162 valence electrons. The number of anilines is 1. The van der Waals surface area contributed by atoms with Crippen molar-refractivity contribution in [2.45, 2.75) is 0 Å². The van der Waals surface area contributed by atoms with Crippen LogP contribution < -0.4 is 15.1 Å². The molecule has 0 aliphatic carbocycles. The summed E-state index contributed by atoms with van der Waals surface area (Å²) in [6.07, 6.45) is 1.61.